The molecule has 2 atom stereocenters. The van der Waals surface area contributed by atoms with Crippen molar-refractivity contribution in [1.29, 1.82) is 0 Å². The van der Waals surface area contributed by atoms with Crippen molar-refractivity contribution in [3.05, 3.63) is 0 Å². The zero-order chi connectivity index (χ0) is 9.78. The van der Waals surface area contributed by atoms with Gasteiger partial charge in [-0.05, 0) is 27.2 Å². The normalized spacial score (nSPS) is 17.3. The van der Waals surface area contributed by atoms with E-state index < -0.39 is 19.7 Å². The van der Waals surface area contributed by atoms with Gasteiger partial charge in [-0.2, -0.15) is 0 Å². The summed E-state index contributed by atoms with van der Waals surface area (Å²) in [6, 6.07) is 0. The molecule has 0 heterocycles. The number of unbranched alkanes of at least 4 members (excludes halogenated alkanes) is 1. The summed E-state index contributed by atoms with van der Waals surface area (Å²) >= 11 is 0. The first-order chi connectivity index (χ1) is 5.39. The van der Waals surface area contributed by atoms with Crippen LogP contribution in [-0.4, -0.2) is 18.9 Å². The molecule has 0 saturated carbocycles. The third kappa shape index (κ3) is 4.36. The molecule has 4 heteroatoms. The van der Waals surface area contributed by atoms with Crippen LogP contribution in [0.3, 0.4) is 0 Å². The first-order valence-corrected chi connectivity index (χ1v) is 7.19. The van der Waals surface area contributed by atoms with Crippen molar-refractivity contribution < 1.29 is 8.42 Å². The third-order valence-corrected chi connectivity index (χ3v) is 6.31. The van der Waals surface area contributed by atoms with Gasteiger partial charge in [0.25, 0.3) is 0 Å². The lowest BCUT2D eigenvalue weighted by Crippen LogP contribution is -2.26. The van der Waals surface area contributed by atoms with E-state index in [1.165, 1.54) is 0 Å². The molecule has 2 unspecified atom stereocenters. The van der Waals surface area contributed by atoms with E-state index in [9.17, 15) is 8.42 Å². The first-order valence-electron chi connectivity index (χ1n) is 4.20. The van der Waals surface area contributed by atoms with Gasteiger partial charge in [0, 0.05) is 5.75 Å². The Morgan fingerprint density at radius 1 is 1.17 bits per heavy atom. The highest BCUT2D eigenvalue weighted by Crippen LogP contribution is 2.15. The van der Waals surface area contributed by atoms with E-state index in [-0.39, 0.29) is 4.75 Å². The Hall–Kier alpha value is 0.300. The Kier molecular flexibility index (Phi) is 5.25. The zero-order valence-electron chi connectivity index (χ0n) is 8.25. The monoisotopic (exact) mass is 210 g/mol. The Bertz CT molecular complexity index is 182. The Morgan fingerprint density at radius 2 is 1.67 bits per heavy atom. The minimum absolute atomic E-state index is 0.349. The second kappa shape index (κ2) is 5.12. The average Bonchev–Trinajstić information content (AvgIpc) is 1.97. The molecule has 0 amide bonds. The lowest BCUT2D eigenvalue weighted by Gasteiger charge is -2.16. The van der Waals surface area contributed by atoms with Crippen LogP contribution in [0.5, 0.6) is 0 Å². The molecule has 0 bridgehead atoms. The van der Waals surface area contributed by atoms with Gasteiger partial charge in [0.1, 0.15) is 19.7 Å². The van der Waals surface area contributed by atoms with Gasteiger partial charge >= 0.3 is 0 Å². The van der Waals surface area contributed by atoms with Crippen molar-refractivity contribution in [2.24, 2.45) is 0 Å². The fraction of sp³-hybridized carbons (Fsp3) is 1.00. The third-order valence-electron chi connectivity index (χ3n) is 1.33. The van der Waals surface area contributed by atoms with Crippen molar-refractivity contribution in [1.82, 2.24) is 0 Å². The fourth-order valence-corrected chi connectivity index (χ4v) is 4.33. The minimum Gasteiger partial charge on any atom is -0.245 e. The van der Waals surface area contributed by atoms with Gasteiger partial charge in [0.15, 0.2) is 0 Å². The van der Waals surface area contributed by atoms with Crippen LogP contribution in [0.15, 0.2) is 0 Å². The molecule has 12 heavy (non-hydrogen) atoms. The van der Waals surface area contributed by atoms with Gasteiger partial charge in [0.05, 0.1) is 4.75 Å². The van der Waals surface area contributed by atoms with Crippen LogP contribution in [0.2, 0.25) is 0 Å². The van der Waals surface area contributed by atoms with E-state index in [0.29, 0.717) is 5.75 Å². The Balaban J connectivity index is 4.04. The Morgan fingerprint density at radius 3 is 2.00 bits per heavy atom. The molecule has 0 N–H and O–H groups in total. The highest BCUT2D eigenvalue weighted by Gasteiger charge is 2.24. The molecule has 74 valence electrons. The minimum atomic E-state index is -1.21. The summed E-state index contributed by atoms with van der Waals surface area (Å²) < 4.78 is 22.5. The molecular weight excluding hydrogens is 192 g/mol. The molecular formula is C8H18O2S2. The summed E-state index contributed by atoms with van der Waals surface area (Å²) in [4.78, 5) is 0. The van der Waals surface area contributed by atoms with E-state index >= 15 is 0 Å². The van der Waals surface area contributed by atoms with E-state index in [1.807, 2.05) is 27.7 Å². The van der Waals surface area contributed by atoms with Gasteiger partial charge in [-0.1, -0.05) is 13.3 Å². The average molecular weight is 210 g/mol. The maximum Gasteiger partial charge on any atom is 0.116 e. The molecule has 0 aliphatic rings. The Labute approximate surface area is 79.4 Å². The second-order valence-electron chi connectivity index (χ2n) is 3.71. The fourth-order valence-electron chi connectivity index (χ4n) is 0.617. The van der Waals surface area contributed by atoms with Crippen LogP contribution in [0, 0.1) is 0 Å². The topological polar surface area (TPSA) is 34.1 Å². The molecule has 0 fully saturated rings. The molecule has 0 aliphatic carbocycles. The van der Waals surface area contributed by atoms with Crippen LogP contribution in [-0.2, 0) is 19.7 Å². The molecule has 0 saturated heterocycles. The summed E-state index contributed by atoms with van der Waals surface area (Å²) in [5.74, 6) is 0.570. The van der Waals surface area contributed by atoms with Gasteiger partial charge in [-0.15, -0.1) is 0 Å². The van der Waals surface area contributed by atoms with Crippen molar-refractivity contribution in [3.8, 4) is 0 Å². The standard InChI is InChI=1S/C8H18O2S2/c1-5-6-7-11(9)12(10)8(2,3)4/h5-7H2,1-4H3. The summed E-state index contributed by atoms with van der Waals surface area (Å²) in [6.07, 6.45) is 1.90. The van der Waals surface area contributed by atoms with E-state index in [0.717, 1.165) is 12.8 Å². The summed E-state index contributed by atoms with van der Waals surface area (Å²) in [6.45, 7) is 7.60. The van der Waals surface area contributed by atoms with Crippen molar-refractivity contribution >= 4 is 19.7 Å². The van der Waals surface area contributed by atoms with Crippen LogP contribution in [0.25, 0.3) is 0 Å². The maximum atomic E-state index is 11.5. The largest absolute Gasteiger partial charge is 0.245 e. The number of rotatable bonds is 4. The number of hydrogen-bond acceptors (Lipinski definition) is 2. The molecule has 0 aromatic heterocycles. The molecule has 0 aromatic carbocycles. The zero-order valence-corrected chi connectivity index (χ0v) is 9.89. The highest BCUT2D eigenvalue weighted by molar-refractivity contribution is 8.61. The lowest BCUT2D eigenvalue weighted by atomic mass is 10.3. The predicted molar refractivity (Wildman–Crippen MR) is 55.8 cm³/mol. The number of hydrogen-bond donors (Lipinski definition) is 0. The van der Waals surface area contributed by atoms with Gasteiger partial charge in [-0.3, -0.25) is 0 Å². The van der Waals surface area contributed by atoms with E-state index in [4.69, 9.17) is 0 Å². The highest BCUT2D eigenvalue weighted by atomic mass is 33.1. The molecule has 0 aliphatic heterocycles. The van der Waals surface area contributed by atoms with Crippen LogP contribution < -0.4 is 0 Å². The lowest BCUT2D eigenvalue weighted by molar-refractivity contribution is 0.652. The van der Waals surface area contributed by atoms with Gasteiger partial charge in [0.2, 0.25) is 0 Å². The van der Waals surface area contributed by atoms with Crippen LogP contribution in [0.1, 0.15) is 40.5 Å². The smallest absolute Gasteiger partial charge is 0.116 e. The molecule has 0 aromatic rings. The summed E-state index contributed by atoms with van der Waals surface area (Å²) in [5, 5.41) is 0. The van der Waals surface area contributed by atoms with Crippen molar-refractivity contribution in [2.45, 2.75) is 45.3 Å². The molecule has 0 spiro atoms. The first kappa shape index (κ1) is 12.3. The maximum absolute atomic E-state index is 11.5. The SMILES string of the molecule is CCCCS(=O)S(=O)C(C)(C)C. The molecule has 0 radical (unpaired) electrons. The van der Waals surface area contributed by atoms with Crippen LogP contribution >= 0.6 is 0 Å². The quantitative estimate of drug-likeness (QED) is 0.665. The van der Waals surface area contributed by atoms with E-state index in [2.05, 4.69) is 0 Å². The summed E-state index contributed by atoms with van der Waals surface area (Å²) in [7, 11) is -2.37. The van der Waals surface area contributed by atoms with Gasteiger partial charge in [-0.25, -0.2) is 8.42 Å². The second-order valence-corrected chi connectivity index (χ2v) is 8.44. The van der Waals surface area contributed by atoms with Crippen molar-refractivity contribution in [2.75, 3.05) is 5.75 Å². The van der Waals surface area contributed by atoms with Gasteiger partial charge < -0.3 is 0 Å². The predicted octanol–water partition coefficient (Wildman–Crippen LogP) is 2.00. The summed E-state index contributed by atoms with van der Waals surface area (Å²) in [5.41, 5.74) is 0. The van der Waals surface area contributed by atoms with Crippen molar-refractivity contribution in [3.63, 3.8) is 0 Å². The van der Waals surface area contributed by atoms with Crippen LogP contribution in [0.4, 0.5) is 0 Å². The molecule has 2 nitrogen and oxygen atoms in total. The molecule has 0 rings (SSSR count). The van der Waals surface area contributed by atoms with E-state index in [1.54, 1.807) is 0 Å².